The van der Waals surface area contributed by atoms with E-state index in [1.165, 1.54) is 6.33 Å². The van der Waals surface area contributed by atoms with Crippen LogP contribution in [0.5, 0.6) is 0 Å². The number of hydrogen-bond acceptors (Lipinski definition) is 8. The Kier molecular flexibility index (Phi) is 3.24. The molecule has 2 aliphatic rings. The minimum Gasteiger partial charge on any atom is -0.455 e. The topological polar surface area (TPSA) is 137 Å². The number of ether oxygens (including phenoxy) is 1. The SMILES string of the molecule is CC(CO)n1nc(C2=CC3N=C(N)OC3C=C2)c2c(N)ncnc21. The van der Waals surface area contributed by atoms with Gasteiger partial charge in [0, 0.05) is 5.57 Å². The van der Waals surface area contributed by atoms with Crippen molar-refractivity contribution < 1.29 is 9.84 Å². The molecule has 0 spiro atoms. The predicted octanol–water partition coefficient (Wildman–Crippen LogP) is -0.00290. The summed E-state index contributed by atoms with van der Waals surface area (Å²) in [5, 5.41) is 14.7. The fourth-order valence-corrected chi connectivity index (χ4v) is 2.92. The number of allylic oxidation sites excluding steroid dienone is 2. The summed E-state index contributed by atoms with van der Waals surface area (Å²) in [5.74, 6) is 0.341. The van der Waals surface area contributed by atoms with Crippen molar-refractivity contribution >= 4 is 28.4 Å². The maximum Gasteiger partial charge on any atom is 0.283 e. The first-order valence-corrected chi connectivity index (χ1v) is 7.58. The van der Waals surface area contributed by atoms with E-state index >= 15 is 0 Å². The van der Waals surface area contributed by atoms with Crippen LogP contribution in [-0.2, 0) is 4.74 Å². The number of nitrogens with zero attached hydrogens (tertiary/aromatic N) is 5. The number of nitrogens with two attached hydrogens (primary N) is 2. The van der Waals surface area contributed by atoms with E-state index in [9.17, 15) is 5.11 Å². The van der Waals surface area contributed by atoms with Crippen LogP contribution in [0, 0.1) is 0 Å². The average molecular weight is 327 g/mol. The predicted molar refractivity (Wildman–Crippen MR) is 88.9 cm³/mol. The Morgan fingerprint density at radius 1 is 1.38 bits per heavy atom. The van der Waals surface area contributed by atoms with Gasteiger partial charge in [-0.1, -0.05) is 6.08 Å². The van der Waals surface area contributed by atoms with E-state index in [0.29, 0.717) is 22.5 Å². The number of anilines is 1. The van der Waals surface area contributed by atoms with Crippen molar-refractivity contribution in [3.05, 3.63) is 30.2 Å². The molecular weight excluding hydrogens is 310 g/mol. The molecule has 0 fully saturated rings. The van der Waals surface area contributed by atoms with Gasteiger partial charge in [-0.3, -0.25) is 0 Å². The number of rotatable bonds is 3. The van der Waals surface area contributed by atoms with E-state index in [0.717, 1.165) is 5.57 Å². The van der Waals surface area contributed by atoms with Crippen LogP contribution >= 0.6 is 0 Å². The molecule has 3 heterocycles. The summed E-state index contributed by atoms with van der Waals surface area (Å²) < 4.78 is 7.07. The molecule has 5 N–H and O–H groups in total. The second-order valence-electron chi connectivity index (χ2n) is 5.80. The lowest BCUT2D eigenvalue weighted by Gasteiger charge is -2.15. The van der Waals surface area contributed by atoms with Gasteiger partial charge >= 0.3 is 0 Å². The number of aromatic nitrogens is 4. The third-order valence-corrected chi connectivity index (χ3v) is 4.16. The zero-order valence-corrected chi connectivity index (χ0v) is 13.0. The molecule has 0 bridgehead atoms. The van der Waals surface area contributed by atoms with Crippen LogP contribution in [0.3, 0.4) is 0 Å². The first kappa shape index (κ1) is 14.6. The Labute approximate surface area is 137 Å². The molecule has 0 radical (unpaired) electrons. The van der Waals surface area contributed by atoms with Crippen molar-refractivity contribution in [1.82, 2.24) is 19.7 Å². The summed E-state index contributed by atoms with van der Waals surface area (Å²) >= 11 is 0. The molecule has 124 valence electrons. The molecule has 2 aromatic heterocycles. The normalized spacial score (nSPS) is 23.6. The number of fused-ring (bicyclic) bond motifs is 2. The Bertz CT molecular complexity index is 899. The summed E-state index contributed by atoms with van der Waals surface area (Å²) in [4.78, 5) is 12.6. The van der Waals surface area contributed by atoms with Gasteiger partial charge < -0.3 is 21.3 Å². The molecule has 4 rings (SSSR count). The number of aliphatic hydroxyl groups is 1. The van der Waals surface area contributed by atoms with Gasteiger partial charge in [-0.15, -0.1) is 0 Å². The molecule has 24 heavy (non-hydrogen) atoms. The lowest BCUT2D eigenvalue weighted by atomic mass is 9.98. The van der Waals surface area contributed by atoms with E-state index in [1.54, 1.807) is 4.68 Å². The quantitative estimate of drug-likeness (QED) is 0.721. The summed E-state index contributed by atoms with van der Waals surface area (Å²) in [6.07, 6.45) is 6.93. The fourth-order valence-electron chi connectivity index (χ4n) is 2.92. The van der Waals surface area contributed by atoms with Gasteiger partial charge in [-0.2, -0.15) is 5.10 Å². The first-order valence-electron chi connectivity index (χ1n) is 7.58. The average Bonchev–Trinajstić information content (AvgIpc) is 3.14. The monoisotopic (exact) mass is 327 g/mol. The van der Waals surface area contributed by atoms with Crippen LogP contribution in [0.1, 0.15) is 18.7 Å². The van der Waals surface area contributed by atoms with Gasteiger partial charge in [0.2, 0.25) is 0 Å². The summed E-state index contributed by atoms with van der Waals surface area (Å²) in [6.45, 7) is 1.79. The van der Waals surface area contributed by atoms with E-state index in [4.69, 9.17) is 16.2 Å². The van der Waals surface area contributed by atoms with Crippen LogP contribution in [0.15, 0.2) is 29.5 Å². The highest BCUT2D eigenvalue weighted by Crippen LogP contribution is 2.33. The molecule has 1 aliphatic heterocycles. The van der Waals surface area contributed by atoms with Crippen LogP contribution < -0.4 is 11.5 Å². The molecule has 0 saturated carbocycles. The van der Waals surface area contributed by atoms with Gasteiger partial charge in [0.05, 0.1) is 18.0 Å². The van der Waals surface area contributed by atoms with Crippen molar-refractivity contribution in [3.8, 4) is 0 Å². The molecule has 9 nitrogen and oxygen atoms in total. The smallest absolute Gasteiger partial charge is 0.283 e. The Morgan fingerprint density at radius 3 is 3.00 bits per heavy atom. The zero-order valence-electron chi connectivity index (χ0n) is 13.0. The van der Waals surface area contributed by atoms with Gasteiger partial charge in [0.25, 0.3) is 6.02 Å². The van der Waals surface area contributed by atoms with Crippen molar-refractivity contribution in [2.45, 2.75) is 25.1 Å². The summed E-state index contributed by atoms with van der Waals surface area (Å²) in [6, 6.07) is -0.245. The van der Waals surface area contributed by atoms with Crippen LogP contribution in [0.4, 0.5) is 5.82 Å². The van der Waals surface area contributed by atoms with Crippen molar-refractivity contribution in [2.24, 2.45) is 10.7 Å². The molecule has 1 aliphatic carbocycles. The van der Waals surface area contributed by atoms with Gasteiger partial charge in [-0.05, 0) is 19.1 Å². The van der Waals surface area contributed by atoms with E-state index < -0.39 is 0 Å². The molecule has 0 saturated heterocycles. The van der Waals surface area contributed by atoms with Crippen molar-refractivity contribution in [2.75, 3.05) is 12.3 Å². The highest BCUT2D eigenvalue weighted by molar-refractivity contribution is 5.98. The summed E-state index contributed by atoms with van der Waals surface area (Å²) in [5.41, 5.74) is 13.8. The molecule has 3 unspecified atom stereocenters. The number of hydrogen-bond donors (Lipinski definition) is 3. The van der Waals surface area contributed by atoms with Gasteiger partial charge in [0.15, 0.2) is 5.65 Å². The van der Waals surface area contributed by atoms with Gasteiger partial charge in [-0.25, -0.2) is 19.6 Å². The maximum atomic E-state index is 9.48. The minimum absolute atomic E-state index is 0.0611. The van der Waals surface area contributed by atoms with E-state index in [1.807, 2.05) is 25.2 Å². The second-order valence-corrected chi connectivity index (χ2v) is 5.80. The molecule has 9 heteroatoms. The molecule has 2 aromatic rings. The lowest BCUT2D eigenvalue weighted by Crippen LogP contribution is -2.22. The Balaban J connectivity index is 1.88. The first-order chi connectivity index (χ1) is 11.6. The fraction of sp³-hybridized carbons (Fsp3) is 0.333. The summed E-state index contributed by atoms with van der Waals surface area (Å²) in [7, 11) is 0. The number of aliphatic hydroxyl groups excluding tert-OH is 1. The molecule has 0 amide bonds. The Morgan fingerprint density at radius 2 is 2.21 bits per heavy atom. The van der Waals surface area contributed by atoms with Crippen LogP contribution in [0.25, 0.3) is 16.6 Å². The molecule has 0 aromatic carbocycles. The third-order valence-electron chi connectivity index (χ3n) is 4.16. The number of nitrogen functional groups attached to an aromatic ring is 1. The Hall–Kier alpha value is -2.94. The maximum absolute atomic E-state index is 9.48. The van der Waals surface area contributed by atoms with Gasteiger partial charge in [0.1, 0.15) is 30.0 Å². The minimum atomic E-state index is -0.236. The standard InChI is InChI=1S/C15H17N7O2/c1-7(5-23)22-14-11(13(16)18-6-19-14)12(21-22)8-2-3-10-9(4-8)20-15(17)24-10/h2-4,6-7,9-10,23H,5H2,1H3,(H2,17,20)(H2,16,18,19). The van der Waals surface area contributed by atoms with Crippen molar-refractivity contribution in [3.63, 3.8) is 0 Å². The van der Waals surface area contributed by atoms with Crippen molar-refractivity contribution in [1.29, 1.82) is 0 Å². The third kappa shape index (κ3) is 2.13. The van der Waals surface area contributed by atoms with Crippen LogP contribution in [-0.4, -0.2) is 49.6 Å². The molecular formula is C15H17N7O2. The highest BCUT2D eigenvalue weighted by atomic mass is 16.5. The number of amidine groups is 1. The number of aliphatic imine (C=N–C) groups is 1. The largest absolute Gasteiger partial charge is 0.455 e. The lowest BCUT2D eigenvalue weighted by molar-refractivity contribution is 0.232. The van der Waals surface area contributed by atoms with Crippen LogP contribution in [0.2, 0.25) is 0 Å². The highest BCUT2D eigenvalue weighted by Gasteiger charge is 2.30. The van der Waals surface area contributed by atoms with E-state index in [2.05, 4.69) is 20.1 Å². The second kappa shape index (κ2) is 5.31. The van der Waals surface area contributed by atoms with E-state index in [-0.39, 0.29) is 30.8 Å². The molecule has 3 atom stereocenters. The zero-order chi connectivity index (χ0) is 16.8.